The van der Waals surface area contributed by atoms with Gasteiger partial charge in [0, 0.05) is 13.1 Å². The third-order valence-electron chi connectivity index (χ3n) is 3.39. The molecule has 0 amide bonds. The number of hydrogen-bond donors (Lipinski definition) is 1. The van der Waals surface area contributed by atoms with E-state index in [2.05, 4.69) is 17.9 Å². The molecule has 0 bridgehead atoms. The van der Waals surface area contributed by atoms with Crippen LogP contribution in [0.25, 0.3) is 0 Å². The maximum Gasteiger partial charge on any atom is 0.0748 e. The molecule has 1 aliphatic rings. The maximum atomic E-state index is 6.37. The number of hydrogen-bond acceptors (Lipinski definition) is 3. The number of nitrogens with zero attached hydrogens (tertiary/aromatic N) is 1. The van der Waals surface area contributed by atoms with Gasteiger partial charge in [-0.25, -0.2) is 0 Å². The van der Waals surface area contributed by atoms with Gasteiger partial charge in [-0.15, -0.1) is 0 Å². The van der Waals surface area contributed by atoms with Crippen LogP contribution in [0.1, 0.15) is 18.9 Å². The second-order valence-corrected chi connectivity index (χ2v) is 5.04. The number of anilines is 1. The van der Waals surface area contributed by atoms with Gasteiger partial charge in [-0.1, -0.05) is 30.7 Å². The Kier molecular flexibility index (Phi) is 4.87. The van der Waals surface area contributed by atoms with E-state index in [9.17, 15) is 0 Å². The summed E-state index contributed by atoms with van der Waals surface area (Å²) in [5.41, 5.74) is 8.06. The number of para-hydroxylation sites is 1. The van der Waals surface area contributed by atoms with E-state index in [4.69, 9.17) is 22.1 Å². The summed E-state index contributed by atoms with van der Waals surface area (Å²) in [7, 11) is 0. The van der Waals surface area contributed by atoms with E-state index < -0.39 is 0 Å². The Bertz CT molecular complexity index is 397. The van der Waals surface area contributed by atoms with E-state index in [1.807, 2.05) is 12.1 Å². The first kappa shape index (κ1) is 13.7. The van der Waals surface area contributed by atoms with Crippen molar-refractivity contribution in [3.8, 4) is 0 Å². The first-order valence-electron chi connectivity index (χ1n) is 6.60. The smallest absolute Gasteiger partial charge is 0.0748 e. The van der Waals surface area contributed by atoms with Gasteiger partial charge in [0.15, 0.2) is 0 Å². The van der Waals surface area contributed by atoms with Gasteiger partial charge in [0.25, 0.3) is 0 Å². The van der Waals surface area contributed by atoms with Crippen molar-refractivity contribution in [2.24, 2.45) is 5.73 Å². The number of halogens is 1. The average molecular weight is 269 g/mol. The molecule has 3 nitrogen and oxygen atoms in total. The molecule has 1 fully saturated rings. The van der Waals surface area contributed by atoms with Crippen molar-refractivity contribution in [2.75, 3.05) is 31.1 Å². The fraction of sp³-hybridized carbons (Fsp3) is 0.571. The fourth-order valence-electron chi connectivity index (χ4n) is 2.44. The van der Waals surface area contributed by atoms with Crippen LogP contribution in [-0.2, 0) is 11.2 Å². The molecule has 1 aromatic rings. The highest BCUT2D eigenvalue weighted by Crippen LogP contribution is 2.31. The van der Waals surface area contributed by atoms with Crippen LogP contribution in [0.4, 0.5) is 5.69 Å². The van der Waals surface area contributed by atoms with Gasteiger partial charge in [0.1, 0.15) is 0 Å². The Morgan fingerprint density at radius 3 is 3.06 bits per heavy atom. The molecule has 2 N–H and O–H groups in total. The van der Waals surface area contributed by atoms with Crippen LogP contribution in [0.15, 0.2) is 18.2 Å². The van der Waals surface area contributed by atoms with Crippen molar-refractivity contribution in [3.63, 3.8) is 0 Å². The number of morpholine rings is 1. The standard InChI is InChI=1S/C14H21ClN2O/c1-2-12-10-17(8-9-18-12)14-11(6-7-16)4-3-5-13(14)15/h3-5,12H,2,6-10,16H2,1H3. The molecule has 1 aromatic carbocycles. The minimum atomic E-state index is 0.306. The van der Waals surface area contributed by atoms with Crippen LogP contribution in [0, 0.1) is 0 Å². The molecule has 1 heterocycles. The molecular weight excluding hydrogens is 248 g/mol. The molecule has 18 heavy (non-hydrogen) atoms. The number of nitrogens with two attached hydrogens (primary N) is 1. The lowest BCUT2D eigenvalue weighted by molar-refractivity contribution is 0.0384. The molecule has 1 unspecified atom stereocenters. The first-order chi connectivity index (χ1) is 8.76. The normalized spacial score (nSPS) is 20.2. The molecule has 2 rings (SSSR count). The van der Waals surface area contributed by atoms with E-state index in [0.717, 1.165) is 43.2 Å². The third kappa shape index (κ3) is 2.97. The Balaban J connectivity index is 2.25. The van der Waals surface area contributed by atoms with Crippen molar-refractivity contribution >= 4 is 17.3 Å². The summed E-state index contributed by atoms with van der Waals surface area (Å²) in [5.74, 6) is 0. The van der Waals surface area contributed by atoms with Crippen molar-refractivity contribution in [1.29, 1.82) is 0 Å². The van der Waals surface area contributed by atoms with Crippen LogP contribution in [0.5, 0.6) is 0 Å². The predicted octanol–water partition coefficient (Wildman–Crippen LogP) is 2.46. The third-order valence-corrected chi connectivity index (χ3v) is 3.70. The Labute approximate surface area is 114 Å². The van der Waals surface area contributed by atoms with Crippen LogP contribution in [-0.4, -0.2) is 32.3 Å². The van der Waals surface area contributed by atoms with Crippen LogP contribution < -0.4 is 10.6 Å². The molecule has 1 aliphatic heterocycles. The van der Waals surface area contributed by atoms with E-state index in [1.165, 1.54) is 5.56 Å². The Morgan fingerprint density at radius 2 is 2.33 bits per heavy atom. The number of ether oxygens (including phenoxy) is 1. The van der Waals surface area contributed by atoms with Gasteiger partial charge in [0.05, 0.1) is 23.4 Å². The van der Waals surface area contributed by atoms with Gasteiger partial charge >= 0.3 is 0 Å². The molecule has 100 valence electrons. The lowest BCUT2D eigenvalue weighted by atomic mass is 10.1. The van der Waals surface area contributed by atoms with Gasteiger partial charge in [0.2, 0.25) is 0 Å². The lowest BCUT2D eigenvalue weighted by Crippen LogP contribution is -2.42. The van der Waals surface area contributed by atoms with Gasteiger partial charge in [-0.05, 0) is 31.0 Å². The molecule has 1 saturated heterocycles. The van der Waals surface area contributed by atoms with Crippen molar-refractivity contribution in [3.05, 3.63) is 28.8 Å². The highest BCUT2D eigenvalue weighted by Gasteiger charge is 2.22. The molecule has 0 aromatic heterocycles. The fourth-order valence-corrected chi connectivity index (χ4v) is 2.75. The average Bonchev–Trinajstić information content (AvgIpc) is 2.39. The lowest BCUT2D eigenvalue weighted by Gasteiger charge is -2.35. The van der Waals surface area contributed by atoms with Crippen LogP contribution in [0.3, 0.4) is 0 Å². The summed E-state index contributed by atoms with van der Waals surface area (Å²) in [4.78, 5) is 2.34. The van der Waals surface area contributed by atoms with E-state index >= 15 is 0 Å². The molecule has 0 saturated carbocycles. The minimum Gasteiger partial charge on any atom is -0.375 e. The molecule has 1 atom stereocenters. The highest BCUT2D eigenvalue weighted by molar-refractivity contribution is 6.33. The van der Waals surface area contributed by atoms with E-state index in [-0.39, 0.29) is 0 Å². The number of benzene rings is 1. The molecule has 0 spiro atoms. The zero-order chi connectivity index (χ0) is 13.0. The second-order valence-electron chi connectivity index (χ2n) is 4.63. The molecule has 0 aliphatic carbocycles. The van der Waals surface area contributed by atoms with Gasteiger partial charge in [-0.2, -0.15) is 0 Å². The highest BCUT2D eigenvalue weighted by atomic mass is 35.5. The van der Waals surface area contributed by atoms with Gasteiger partial charge in [-0.3, -0.25) is 0 Å². The zero-order valence-corrected chi connectivity index (χ0v) is 11.6. The summed E-state index contributed by atoms with van der Waals surface area (Å²) in [5, 5.41) is 0.817. The Hall–Kier alpha value is -0.770. The van der Waals surface area contributed by atoms with Crippen molar-refractivity contribution in [1.82, 2.24) is 0 Å². The first-order valence-corrected chi connectivity index (χ1v) is 6.98. The zero-order valence-electron chi connectivity index (χ0n) is 10.9. The minimum absolute atomic E-state index is 0.306. The number of rotatable bonds is 4. The largest absolute Gasteiger partial charge is 0.375 e. The summed E-state index contributed by atoms with van der Waals surface area (Å²) in [6.07, 6.45) is 2.21. The molecule has 0 radical (unpaired) electrons. The SMILES string of the molecule is CCC1CN(c2c(Cl)cccc2CCN)CCO1. The summed E-state index contributed by atoms with van der Waals surface area (Å²) in [6, 6.07) is 6.06. The molecule has 4 heteroatoms. The van der Waals surface area contributed by atoms with E-state index in [0.29, 0.717) is 12.6 Å². The second kappa shape index (κ2) is 6.41. The summed E-state index contributed by atoms with van der Waals surface area (Å²) < 4.78 is 5.71. The quantitative estimate of drug-likeness (QED) is 0.912. The van der Waals surface area contributed by atoms with E-state index in [1.54, 1.807) is 0 Å². The summed E-state index contributed by atoms with van der Waals surface area (Å²) in [6.45, 7) is 5.39. The van der Waals surface area contributed by atoms with Crippen LogP contribution >= 0.6 is 11.6 Å². The molecular formula is C14H21ClN2O. The topological polar surface area (TPSA) is 38.5 Å². The Morgan fingerprint density at radius 1 is 1.50 bits per heavy atom. The van der Waals surface area contributed by atoms with Crippen LogP contribution in [0.2, 0.25) is 5.02 Å². The van der Waals surface area contributed by atoms with Crippen molar-refractivity contribution < 1.29 is 4.74 Å². The summed E-state index contributed by atoms with van der Waals surface area (Å²) >= 11 is 6.37. The maximum absolute atomic E-state index is 6.37. The monoisotopic (exact) mass is 268 g/mol. The van der Waals surface area contributed by atoms with Gasteiger partial charge < -0.3 is 15.4 Å². The van der Waals surface area contributed by atoms with Crippen molar-refractivity contribution in [2.45, 2.75) is 25.9 Å². The predicted molar refractivity (Wildman–Crippen MR) is 76.5 cm³/mol.